The monoisotopic (exact) mass is 342 g/mol. The summed E-state index contributed by atoms with van der Waals surface area (Å²) in [5, 5.41) is 0. The molecule has 1 aliphatic heterocycles. The number of piperidine rings is 1. The van der Waals surface area contributed by atoms with Crippen molar-refractivity contribution < 1.29 is 9.18 Å². The molecule has 5 heteroatoms. The summed E-state index contributed by atoms with van der Waals surface area (Å²) in [4.78, 5) is 16.4. The summed E-state index contributed by atoms with van der Waals surface area (Å²) in [5.41, 5.74) is 0.413. The van der Waals surface area contributed by atoms with Crippen LogP contribution in [0.1, 0.15) is 23.2 Å². The molecule has 20 heavy (non-hydrogen) atoms. The molecule has 3 nitrogen and oxygen atoms in total. The van der Waals surface area contributed by atoms with Gasteiger partial charge >= 0.3 is 0 Å². The van der Waals surface area contributed by atoms with Gasteiger partial charge in [0, 0.05) is 24.1 Å². The molecule has 1 saturated heterocycles. The molecule has 1 fully saturated rings. The Hall–Kier alpha value is -0.940. The van der Waals surface area contributed by atoms with Crippen LogP contribution in [0.15, 0.2) is 22.7 Å². The number of benzene rings is 1. The van der Waals surface area contributed by atoms with E-state index in [2.05, 4.69) is 34.9 Å². The highest BCUT2D eigenvalue weighted by Crippen LogP contribution is 2.23. The molecule has 0 radical (unpaired) electrons. The maximum absolute atomic E-state index is 13.3. The number of halogens is 2. The molecule has 110 valence electrons. The molecule has 0 bridgehead atoms. The van der Waals surface area contributed by atoms with E-state index in [1.807, 2.05) is 4.90 Å². The minimum atomic E-state index is -0.376. The summed E-state index contributed by atoms with van der Waals surface area (Å²) < 4.78 is 13.9. The zero-order valence-electron chi connectivity index (χ0n) is 11.9. The number of carbonyl (C=O) groups excluding carboxylic acids is 1. The molecule has 0 aromatic heterocycles. The van der Waals surface area contributed by atoms with Gasteiger partial charge in [0.2, 0.25) is 0 Å². The smallest absolute Gasteiger partial charge is 0.255 e. The summed E-state index contributed by atoms with van der Waals surface area (Å²) in [7, 11) is 4.14. The number of carbonyl (C=O) groups is 1. The van der Waals surface area contributed by atoms with E-state index in [0.717, 1.165) is 32.5 Å². The van der Waals surface area contributed by atoms with Crippen molar-refractivity contribution in [3.05, 3.63) is 34.1 Å². The minimum absolute atomic E-state index is 0.0836. The van der Waals surface area contributed by atoms with Gasteiger partial charge in [-0.1, -0.05) is 0 Å². The molecule has 0 aliphatic carbocycles. The van der Waals surface area contributed by atoms with Crippen LogP contribution in [0.2, 0.25) is 0 Å². The van der Waals surface area contributed by atoms with E-state index in [1.54, 1.807) is 6.07 Å². The first-order chi connectivity index (χ1) is 9.47. The summed E-state index contributed by atoms with van der Waals surface area (Å²) >= 11 is 3.32. The van der Waals surface area contributed by atoms with Crippen molar-refractivity contribution >= 4 is 21.8 Å². The van der Waals surface area contributed by atoms with Crippen LogP contribution in [-0.2, 0) is 0 Å². The van der Waals surface area contributed by atoms with Crippen LogP contribution < -0.4 is 0 Å². The summed E-state index contributed by atoms with van der Waals surface area (Å²) in [6.45, 7) is 2.56. The zero-order valence-corrected chi connectivity index (χ0v) is 13.5. The van der Waals surface area contributed by atoms with E-state index in [4.69, 9.17) is 0 Å². The average molecular weight is 343 g/mol. The Kier molecular flexibility index (Phi) is 5.16. The van der Waals surface area contributed by atoms with E-state index in [0.29, 0.717) is 16.0 Å². The highest BCUT2D eigenvalue weighted by atomic mass is 79.9. The average Bonchev–Trinajstić information content (AvgIpc) is 2.41. The van der Waals surface area contributed by atoms with Gasteiger partial charge in [0.25, 0.3) is 5.91 Å². The predicted octanol–water partition coefficient (Wildman–Crippen LogP) is 3.00. The largest absolute Gasteiger partial charge is 0.339 e. The van der Waals surface area contributed by atoms with Crippen molar-refractivity contribution in [3.63, 3.8) is 0 Å². The lowest BCUT2D eigenvalue weighted by molar-refractivity contribution is 0.0676. The van der Waals surface area contributed by atoms with Crippen LogP contribution in [0, 0.1) is 11.7 Å². The molecule has 0 spiro atoms. The highest BCUT2D eigenvalue weighted by Gasteiger charge is 2.25. The van der Waals surface area contributed by atoms with E-state index >= 15 is 0 Å². The Balaban J connectivity index is 2.00. The molecule has 1 aliphatic rings. The fourth-order valence-electron chi connectivity index (χ4n) is 2.67. The van der Waals surface area contributed by atoms with Crippen LogP contribution in [0.5, 0.6) is 0 Å². The van der Waals surface area contributed by atoms with Gasteiger partial charge in [-0.3, -0.25) is 4.79 Å². The van der Waals surface area contributed by atoms with E-state index < -0.39 is 0 Å². The number of amides is 1. The quantitative estimate of drug-likeness (QED) is 0.842. The molecule has 0 unspecified atom stereocenters. The van der Waals surface area contributed by atoms with Gasteiger partial charge in [0.15, 0.2) is 0 Å². The topological polar surface area (TPSA) is 23.6 Å². The Morgan fingerprint density at radius 3 is 2.65 bits per heavy atom. The number of likely N-dealkylation sites (tertiary alicyclic amines) is 1. The molecular weight excluding hydrogens is 323 g/mol. The second-order valence-corrected chi connectivity index (χ2v) is 6.48. The first kappa shape index (κ1) is 15.4. The van der Waals surface area contributed by atoms with Crippen LogP contribution in [0.4, 0.5) is 4.39 Å². The van der Waals surface area contributed by atoms with E-state index in [9.17, 15) is 9.18 Å². The maximum atomic E-state index is 13.3. The van der Waals surface area contributed by atoms with Crippen molar-refractivity contribution in [1.29, 1.82) is 0 Å². The van der Waals surface area contributed by atoms with E-state index in [1.165, 1.54) is 12.1 Å². The predicted molar refractivity (Wildman–Crippen MR) is 81.3 cm³/mol. The second kappa shape index (κ2) is 6.68. The van der Waals surface area contributed by atoms with Gasteiger partial charge in [-0.25, -0.2) is 4.39 Å². The third-order valence-corrected chi connectivity index (χ3v) is 4.38. The molecular formula is C15H20BrFN2O. The van der Waals surface area contributed by atoms with Gasteiger partial charge in [0.05, 0.1) is 5.56 Å². The van der Waals surface area contributed by atoms with Crippen molar-refractivity contribution in [3.8, 4) is 0 Å². The first-order valence-corrected chi connectivity index (χ1v) is 7.65. The van der Waals surface area contributed by atoms with Gasteiger partial charge in [0.1, 0.15) is 5.82 Å². The number of hydrogen-bond acceptors (Lipinski definition) is 2. The molecule has 0 N–H and O–H groups in total. The summed E-state index contributed by atoms with van der Waals surface area (Å²) in [6, 6.07) is 4.24. The number of rotatable bonds is 3. The van der Waals surface area contributed by atoms with Crippen molar-refractivity contribution in [2.45, 2.75) is 12.8 Å². The van der Waals surface area contributed by atoms with Crippen LogP contribution in [-0.4, -0.2) is 49.4 Å². The Labute approximate surface area is 127 Å². The third kappa shape index (κ3) is 3.79. The fourth-order valence-corrected chi connectivity index (χ4v) is 3.08. The van der Waals surface area contributed by atoms with Gasteiger partial charge in [-0.2, -0.15) is 0 Å². The lowest BCUT2D eigenvalue weighted by Crippen LogP contribution is -2.40. The lowest BCUT2D eigenvalue weighted by atomic mass is 9.96. The summed E-state index contributed by atoms with van der Waals surface area (Å²) in [6.07, 6.45) is 2.02. The van der Waals surface area contributed by atoms with Gasteiger partial charge in [-0.05, 0) is 67.0 Å². The zero-order chi connectivity index (χ0) is 14.7. The molecule has 1 amide bonds. The molecule has 0 saturated carbocycles. The summed E-state index contributed by atoms with van der Waals surface area (Å²) in [5.74, 6) is 0.184. The Bertz CT molecular complexity index is 485. The van der Waals surface area contributed by atoms with Crippen molar-refractivity contribution in [2.75, 3.05) is 33.7 Å². The van der Waals surface area contributed by atoms with Crippen LogP contribution in [0.25, 0.3) is 0 Å². The number of nitrogens with zero attached hydrogens (tertiary/aromatic N) is 2. The first-order valence-electron chi connectivity index (χ1n) is 6.86. The SMILES string of the molecule is CN(C)CC1CCN(C(=O)c2cc(F)ccc2Br)CC1. The Morgan fingerprint density at radius 2 is 2.05 bits per heavy atom. The number of hydrogen-bond donors (Lipinski definition) is 0. The molecule has 2 rings (SSSR count). The molecule has 1 aromatic carbocycles. The van der Waals surface area contributed by atoms with Crippen LogP contribution >= 0.6 is 15.9 Å². The normalized spacial score (nSPS) is 16.8. The van der Waals surface area contributed by atoms with Crippen molar-refractivity contribution in [1.82, 2.24) is 9.80 Å². The lowest BCUT2D eigenvalue weighted by Gasteiger charge is -2.33. The van der Waals surface area contributed by atoms with E-state index in [-0.39, 0.29) is 11.7 Å². The minimum Gasteiger partial charge on any atom is -0.339 e. The second-order valence-electron chi connectivity index (χ2n) is 5.62. The van der Waals surface area contributed by atoms with Crippen molar-refractivity contribution in [2.24, 2.45) is 5.92 Å². The maximum Gasteiger partial charge on any atom is 0.255 e. The Morgan fingerprint density at radius 1 is 1.40 bits per heavy atom. The molecule has 1 aromatic rings. The highest BCUT2D eigenvalue weighted by molar-refractivity contribution is 9.10. The fraction of sp³-hybridized carbons (Fsp3) is 0.533. The molecule has 0 atom stereocenters. The van der Waals surface area contributed by atoms with Gasteiger partial charge < -0.3 is 9.80 Å². The van der Waals surface area contributed by atoms with Gasteiger partial charge in [-0.15, -0.1) is 0 Å². The van der Waals surface area contributed by atoms with Crippen LogP contribution in [0.3, 0.4) is 0 Å². The third-order valence-electron chi connectivity index (χ3n) is 3.68. The molecule has 1 heterocycles. The standard InChI is InChI=1S/C15H20BrFN2O/c1-18(2)10-11-5-7-19(8-6-11)15(20)13-9-12(17)3-4-14(13)16/h3-4,9,11H,5-8,10H2,1-2H3.